The fourth-order valence-electron chi connectivity index (χ4n) is 1.37. The van der Waals surface area contributed by atoms with E-state index < -0.39 is 37.4 Å². The van der Waals surface area contributed by atoms with Crippen molar-refractivity contribution in [3.05, 3.63) is 35.9 Å². The minimum absolute atomic E-state index is 0. The van der Waals surface area contributed by atoms with E-state index in [0.717, 1.165) is 11.8 Å². The topological polar surface area (TPSA) is 106 Å². The van der Waals surface area contributed by atoms with E-state index in [0.29, 0.717) is 0 Å². The Bertz CT molecular complexity index is 603. The van der Waals surface area contributed by atoms with Gasteiger partial charge in [0, 0.05) is 18.8 Å². The third-order valence-corrected chi connectivity index (χ3v) is 5.03. The van der Waals surface area contributed by atoms with Crippen molar-refractivity contribution in [3.63, 3.8) is 0 Å². The highest BCUT2D eigenvalue weighted by molar-refractivity contribution is 7.93. The molecule has 0 saturated heterocycles. The second kappa shape index (κ2) is 7.94. The Morgan fingerprint density at radius 3 is 2.15 bits per heavy atom. The van der Waals surface area contributed by atoms with Gasteiger partial charge in [-0.05, 0) is 5.56 Å². The average Bonchev–Trinajstić information content (AvgIpc) is 2.34. The normalized spacial score (nSPS) is 13.5. The van der Waals surface area contributed by atoms with Gasteiger partial charge in [-0.1, -0.05) is 30.3 Å². The van der Waals surface area contributed by atoms with Crippen LogP contribution >= 0.6 is 12.4 Å². The summed E-state index contributed by atoms with van der Waals surface area (Å²) in [6, 6.07) is 8.60. The third kappa shape index (κ3) is 7.81. The molecule has 116 valence electrons. The SMILES string of the molecule is CS(=O)(=O)CCS(=O)(=O)NCC(N)c1ccccc1.Cl. The van der Waals surface area contributed by atoms with E-state index >= 15 is 0 Å². The first kappa shape index (κ1) is 19.3. The number of sulfone groups is 1. The van der Waals surface area contributed by atoms with Crippen LogP contribution in [-0.2, 0) is 19.9 Å². The largest absolute Gasteiger partial charge is 0.323 e. The molecule has 0 radical (unpaired) electrons. The Balaban J connectivity index is 0.00000361. The minimum atomic E-state index is -3.63. The fraction of sp³-hybridized carbons (Fsp3) is 0.455. The van der Waals surface area contributed by atoms with Crippen LogP contribution in [0.5, 0.6) is 0 Å². The monoisotopic (exact) mass is 342 g/mol. The molecule has 6 nitrogen and oxygen atoms in total. The molecule has 9 heteroatoms. The maximum Gasteiger partial charge on any atom is 0.212 e. The van der Waals surface area contributed by atoms with Crippen LogP contribution in [0.15, 0.2) is 30.3 Å². The van der Waals surface area contributed by atoms with E-state index in [1.807, 2.05) is 18.2 Å². The zero-order valence-electron chi connectivity index (χ0n) is 11.0. The summed E-state index contributed by atoms with van der Waals surface area (Å²) in [5.74, 6) is -0.851. The van der Waals surface area contributed by atoms with E-state index in [-0.39, 0.29) is 19.0 Å². The molecule has 0 aromatic heterocycles. The van der Waals surface area contributed by atoms with E-state index in [1.165, 1.54) is 0 Å². The summed E-state index contributed by atoms with van der Waals surface area (Å²) in [6.07, 6.45) is 0.998. The number of rotatable bonds is 7. The summed E-state index contributed by atoms with van der Waals surface area (Å²) in [4.78, 5) is 0. The zero-order chi connectivity index (χ0) is 14.5. The van der Waals surface area contributed by atoms with Crippen LogP contribution < -0.4 is 10.5 Å². The smallest absolute Gasteiger partial charge is 0.212 e. The molecule has 1 aromatic carbocycles. The van der Waals surface area contributed by atoms with Crippen LogP contribution in [0.25, 0.3) is 0 Å². The van der Waals surface area contributed by atoms with Crippen molar-refractivity contribution in [1.82, 2.24) is 4.72 Å². The molecule has 1 rings (SSSR count). The van der Waals surface area contributed by atoms with Crippen LogP contribution in [0.4, 0.5) is 0 Å². The van der Waals surface area contributed by atoms with Crippen molar-refractivity contribution in [2.24, 2.45) is 5.73 Å². The number of nitrogens with two attached hydrogens (primary N) is 1. The van der Waals surface area contributed by atoms with Crippen LogP contribution in [0.1, 0.15) is 11.6 Å². The first-order valence-electron chi connectivity index (χ1n) is 5.65. The van der Waals surface area contributed by atoms with Gasteiger partial charge in [0.1, 0.15) is 9.84 Å². The predicted octanol–water partition coefficient (Wildman–Crippen LogP) is 0.0722. The van der Waals surface area contributed by atoms with Gasteiger partial charge in [-0.3, -0.25) is 0 Å². The molecule has 0 aliphatic heterocycles. The highest BCUT2D eigenvalue weighted by Crippen LogP contribution is 2.08. The first-order chi connectivity index (χ1) is 8.70. The van der Waals surface area contributed by atoms with Crippen LogP contribution in [0.3, 0.4) is 0 Å². The second-order valence-corrected chi connectivity index (χ2v) is 8.50. The van der Waals surface area contributed by atoms with Gasteiger partial charge in [0.05, 0.1) is 11.5 Å². The predicted molar refractivity (Wildman–Crippen MR) is 82.1 cm³/mol. The maximum absolute atomic E-state index is 11.6. The second-order valence-electron chi connectivity index (χ2n) is 4.31. The van der Waals surface area contributed by atoms with Gasteiger partial charge < -0.3 is 5.73 Å². The summed E-state index contributed by atoms with van der Waals surface area (Å²) in [5, 5.41) is 0. The Morgan fingerprint density at radius 1 is 1.10 bits per heavy atom. The van der Waals surface area contributed by atoms with Gasteiger partial charge >= 0.3 is 0 Å². The number of halogens is 1. The number of hydrogen-bond donors (Lipinski definition) is 2. The van der Waals surface area contributed by atoms with E-state index in [4.69, 9.17) is 5.73 Å². The summed E-state index contributed by atoms with van der Waals surface area (Å²) < 4.78 is 47.3. The van der Waals surface area contributed by atoms with Crippen LogP contribution in [0.2, 0.25) is 0 Å². The summed E-state index contributed by atoms with van der Waals surface area (Å²) in [6.45, 7) is 0.0378. The molecule has 0 fully saturated rings. The van der Waals surface area contributed by atoms with Crippen molar-refractivity contribution in [2.45, 2.75) is 6.04 Å². The number of sulfonamides is 1. The molecule has 20 heavy (non-hydrogen) atoms. The molecular weight excluding hydrogens is 324 g/mol. The molecule has 1 aromatic rings. The molecule has 3 N–H and O–H groups in total. The molecule has 0 spiro atoms. The van der Waals surface area contributed by atoms with Gasteiger partial charge in [0.2, 0.25) is 10.0 Å². The highest BCUT2D eigenvalue weighted by atomic mass is 35.5. The lowest BCUT2D eigenvalue weighted by Gasteiger charge is -2.13. The Morgan fingerprint density at radius 2 is 1.65 bits per heavy atom. The fourth-order valence-corrected chi connectivity index (χ4v) is 4.03. The van der Waals surface area contributed by atoms with Crippen LogP contribution in [-0.4, -0.2) is 41.1 Å². The molecule has 0 heterocycles. The lowest BCUT2D eigenvalue weighted by Crippen LogP contribution is -2.35. The van der Waals surface area contributed by atoms with Gasteiger partial charge in [-0.2, -0.15) is 0 Å². The molecule has 0 saturated carbocycles. The molecule has 0 aliphatic carbocycles. The minimum Gasteiger partial charge on any atom is -0.323 e. The maximum atomic E-state index is 11.6. The van der Waals surface area contributed by atoms with Crippen LogP contribution in [0, 0.1) is 0 Å². The van der Waals surface area contributed by atoms with Gasteiger partial charge in [-0.15, -0.1) is 12.4 Å². The lowest BCUT2D eigenvalue weighted by atomic mass is 10.1. The van der Waals surface area contributed by atoms with Gasteiger partial charge in [0.25, 0.3) is 0 Å². The molecule has 1 atom stereocenters. The summed E-state index contributed by atoms with van der Waals surface area (Å²) in [5.41, 5.74) is 6.65. The Labute approximate surface area is 126 Å². The molecule has 0 bridgehead atoms. The number of benzene rings is 1. The zero-order valence-corrected chi connectivity index (χ0v) is 13.5. The van der Waals surface area contributed by atoms with E-state index in [9.17, 15) is 16.8 Å². The first-order valence-corrected chi connectivity index (χ1v) is 9.36. The van der Waals surface area contributed by atoms with E-state index in [1.54, 1.807) is 12.1 Å². The Hall–Kier alpha value is -0.670. The summed E-state index contributed by atoms with van der Waals surface area (Å²) >= 11 is 0. The van der Waals surface area contributed by atoms with E-state index in [2.05, 4.69) is 4.72 Å². The standard InChI is InChI=1S/C11H18N2O4S2.ClH/c1-18(14,15)7-8-19(16,17)13-9-11(12)10-5-3-2-4-6-10;/h2-6,11,13H,7-9,12H2,1H3;1H. The molecule has 0 aliphatic rings. The van der Waals surface area contributed by atoms with Gasteiger partial charge in [-0.25, -0.2) is 21.6 Å². The molecular formula is C11H19ClN2O4S2. The average molecular weight is 343 g/mol. The van der Waals surface area contributed by atoms with Gasteiger partial charge in [0.15, 0.2) is 0 Å². The Kier molecular flexibility index (Phi) is 7.67. The van der Waals surface area contributed by atoms with Crippen molar-refractivity contribution in [1.29, 1.82) is 0 Å². The lowest BCUT2D eigenvalue weighted by molar-refractivity contribution is 0.571. The quantitative estimate of drug-likeness (QED) is 0.729. The highest BCUT2D eigenvalue weighted by Gasteiger charge is 2.16. The van der Waals surface area contributed by atoms with Crippen molar-refractivity contribution in [2.75, 3.05) is 24.3 Å². The van der Waals surface area contributed by atoms with Crippen molar-refractivity contribution >= 4 is 32.3 Å². The molecule has 1 unspecified atom stereocenters. The number of hydrogen-bond acceptors (Lipinski definition) is 5. The third-order valence-electron chi connectivity index (χ3n) is 2.47. The van der Waals surface area contributed by atoms with Crippen molar-refractivity contribution in [3.8, 4) is 0 Å². The summed E-state index contributed by atoms with van der Waals surface area (Å²) in [7, 11) is -6.93. The number of nitrogens with one attached hydrogen (secondary N) is 1. The molecule has 0 amide bonds. The van der Waals surface area contributed by atoms with Crippen molar-refractivity contribution < 1.29 is 16.8 Å².